The van der Waals surface area contributed by atoms with Crippen molar-refractivity contribution < 1.29 is 4.42 Å². The SMILES string of the molecule is Clc1ncnc2oc(-c3ccccc3)c(Br)c12. The molecule has 0 radical (unpaired) electrons. The Morgan fingerprint density at radius 2 is 1.88 bits per heavy atom. The molecule has 0 aliphatic rings. The molecule has 0 bridgehead atoms. The van der Waals surface area contributed by atoms with Crippen molar-refractivity contribution in [1.29, 1.82) is 0 Å². The highest BCUT2D eigenvalue weighted by Crippen LogP contribution is 2.38. The number of rotatable bonds is 1. The molecule has 0 aliphatic heterocycles. The molecular weight excluding hydrogens is 304 g/mol. The highest BCUT2D eigenvalue weighted by Gasteiger charge is 2.17. The molecule has 3 rings (SSSR count). The van der Waals surface area contributed by atoms with Crippen LogP contribution in [0.25, 0.3) is 22.4 Å². The molecule has 84 valence electrons. The largest absolute Gasteiger partial charge is 0.436 e. The van der Waals surface area contributed by atoms with Gasteiger partial charge >= 0.3 is 0 Å². The molecule has 5 heteroatoms. The third-order valence-electron chi connectivity index (χ3n) is 2.42. The van der Waals surface area contributed by atoms with Crippen molar-refractivity contribution in [3.05, 3.63) is 46.3 Å². The average molecular weight is 310 g/mol. The molecule has 0 fully saturated rings. The molecule has 3 nitrogen and oxygen atoms in total. The Balaban J connectivity index is 2.33. The van der Waals surface area contributed by atoms with E-state index in [1.807, 2.05) is 30.3 Å². The third-order valence-corrected chi connectivity index (χ3v) is 3.46. The van der Waals surface area contributed by atoms with Gasteiger partial charge in [0, 0.05) is 5.56 Å². The van der Waals surface area contributed by atoms with Gasteiger partial charge in [-0.3, -0.25) is 0 Å². The van der Waals surface area contributed by atoms with Gasteiger partial charge in [-0.25, -0.2) is 9.97 Å². The third kappa shape index (κ3) is 1.73. The van der Waals surface area contributed by atoms with Crippen LogP contribution in [0.4, 0.5) is 0 Å². The first-order valence-electron chi connectivity index (χ1n) is 4.91. The summed E-state index contributed by atoms with van der Waals surface area (Å²) in [5, 5.41) is 1.08. The summed E-state index contributed by atoms with van der Waals surface area (Å²) in [6.45, 7) is 0. The standard InChI is InChI=1S/C12H6BrClN2O/c13-9-8-11(14)15-6-16-12(8)17-10(9)7-4-2-1-3-5-7/h1-6H. The molecule has 0 N–H and O–H groups in total. The zero-order valence-electron chi connectivity index (χ0n) is 8.52. The molecule has 0 amide bonds. The van der Waals surface area contributed by atoms with Gasteiger partial charge in [0.2, 0.25) is 5.71 Å². The average Bonchev–Trinajstić information content (AvgIpc) is 2.69. The van der Waals surface area contributed by atoms with Crippen molar-refractivity contribution in [2.24, 2.45) is 0 Å². The molecule has 0 unspecified atom stereocenters. The molecular formula is C12H6BrClN2O. The maximum Gasteiger partial charge on any atom is 0.232 e. The fourth-order valence-corrected chi connectivity index (χ4v) is 2.64. The normalized spacial score (nSPS) is 10.9. The van der Waals surface area contributed by atoms with Crippen molar-refractivity contribution in [3.8, 4) is 11.3 Å². The van der Waals surface area contributed by atoms with Crippen LogP contribution in [0.5, 0.6) is 0 Å². The summed E-state index contributed by atoms with van der Waals surface area (Å²) in [6, 6.07) is 9.77. The molecule has 2 aromatic heterocycles. The van der Waals surface area contributed by atoms with Crippen molar-refractivity contribution in [2.45, 2.75) is 0 Å². The van der Waals surface area contributed by atoms with E-state index in [1.54, 1.807) is 0 Å². The molecule has 17 heavy (non-hydrogen) atoms. The van der Waals surface area contributed by atoms with E-state index < -0.39 is 0 Å². The van der Waals surface area contributed by atoms with Crippen LogP contribution in [0, 0.1) is 0 Å². The van der Waals surface area contributed by atoms with Crippen LogP contribution in [-0.2, 0) is 0 Å². The van der Waals surface area contributed by atoms with Crippen LogP contribution in [0.2, 0.25) is 5.15 Å². The minimum Gasteiger partial charge on any atom is -0.436 e. The fourth-order valence-electron chi connectivity index (χ4n) is 1.64. The van der Waals surface area contributed by atoms with Gasteiger partial charge in [-0.2, -0.15) is 0 Å². The van der Waals surface area contributed by atoms with E-state index in [0.717, 1.165) is 10.0 Å². The Morgan fingerprint density at radius 3 is 2.59 bits per heavy atom. The van der Waals surface area contributed by atoms with Crippen LogP contribution in [-0.4, -0.2) is 9.97 Å². The second-order valence-corrected chi connectivity index (χ2v) is 4.61. The van der Waals surface area contributed by atoms with E-state index in [4.69, 9.17) is 16.0 Å². The summed E-state index contributed by atoms with van der Waals surface area (Å²) in [4.78, 5) is 8.00. The summed E-state index contributed by atoms with van der Waals surface area (Å²) in [6.07, 6.45) is 1.38. The highest BCUT2D eigenvalue weighted by atomic mass is 79.9. The Hall–Kier alpha value is -1.39. The molecule has 0 atom stereocenters. The van der Waals surface area contributed by atoms with Crippen LogP contribution < -0.4 is 0 Å². The number of nitrogens with zero attached hydrogens (tertiary/aromatic N) is 2. The quantitative estimate of drug-likeness (QED) is 0.629. The zero-order chi connectivity index (χ0) is 11.8. The Morgan fingerprint density at radius 1 is 1.12 bits per heavy atom. The van der Waals surface area contributed by atoms with Crippen molar-refractivity contribution in [2.75, 3.05) is 0 Å². The number of aromatic nitrogens is 2. The summed E-state index contributed by atoms with van der Waals surface area (Å²) in [5.74, 6) is 0.711. The summed E-state index contributed by atoms with van der Waals surface area (Å²) >= 11 is 9.50. The fraction of sp³-hybridized carbons (Fsp3) is 0. The predicted molar refractivity (Wildman–Crippen MR) is 70.0 cm³/mol. The molecule has 2 heterocycles. The van der Waals surface area contributed by atoms with E-state index in [1.165, 1.54) is 6.33 Å². The summed E-state index contributed by atoms with van der Waals surface area (Å²) < 4.78 is 6.47. The Bertz CT molecular complexity index is 682. The smallest absolute Gasteiger partial charge is 0.232 e. The van der Waals surface area contributed by atoms with E-state index in [0.29, 0.717) is 22.0 Å². The molecule has 1 aromatic carbocycles. The van der Waals surface area contributed by atoms with E-state index in [2.05, 4.69) is 25.9 Å². The predicted octanol–water partition coefficient (Wildman–Crippen LogP) is 4.31. The molecule has 0 saturated heterocycles. The van der Waals surface area contributed by atoms with Gasteiger partial charge in [0.1, 0.15) is 11.5 Å². The first-order valence-corrected chi connectivity index (χ1v) is 6.08. The monoisotopic (exact) mass is 308 g/mol. The second-order valence-electron chi connectivity index (χ2n) is 3.46. The number of fused-ring (bicyclic) bond motifs is 1. The highest BCUT2D eigenvalue weighted by molar-refractivity contribution is 9.10. The summed E-state index contributed by atoms with van der Waals surface area (Å²) in [5.41, 5.74) is 1.45. The van der Waals surface area contributed by atoms with Gasteiger partial charge in [0.25, 0.3) is 0 Å². The van der Waals surface area contributed by atoms with Crippen molar-refractivity contribution in [1.82, 2.24) is 9.97 Å². The lowest BCUT2D eigenvalue weighted by Crippen LogP contribution is -1.78. The molecule has 0 spiro atoms. The van der Waals surface area contributed by atoms with Gasteiger partial charge in [0.15, 0.2) is 5.76 Å². The topological polar surface area (TPSA) is 38.9 Å². The first-order chi connectivity index (χ1) is 8.27. The Kier molecular flexibility index (Phi) is 2.61. The van der Waals surface area contributed by atoms with E-state index >= 15 is 0 Å². The number of hydrogen-bond donors (Lipinski definition) is 0. The number of benzene rings is 1. The van der Waals surface area contributed by atoms with Gasteiger partial charge in [-0.15, -0.1) is 0 Å². The lowest BCUT2D eigenvalue weighted by atomic mass is 10.2. The lowest BCUT2D eigenvalue weighted by molar-refractivity contribution is 0.616. The van der Waals surface area contributed by atoms with Crippen molar-refractivity contribution in [3.63, 3.8) is 0 Å². The van der Waals surface area contributed by atoms with Crippen LogP contribution >= 0.6 is 27.5 Å². The first kappa shape index (κ1) is 10.7. The minimum atomic E-state index is 0.382. The summed E-state index contributed by atoms with van der Waals surface area (Å²) in [7, 11) is 0. The van der Waals surface area contributed by atoms with Crippen LogP contribution in [0.15, 0.2) is 45.5 Å². The number of halogens is 2. The van der Waals surface area contributed by atoms with E-state index in [-0.39, 0.29) is 0 Å². The molecule has 0 saturated carbocycles. The van der Waals surface area contributed by atoms with Gasteiger partial charge in [0.05, 0.1) is 9.86 Å². The maximum absolute atomic E-state index is 6.02. The lowest BCUT2D eigenvalue weighted by Gasteiger charge is -1.95. The van der Waals surface area contributed by atoms with Crippen LogP contribution in [0.1, 0.15) is 0 Å². The van der Waals surface area contributed by atoms with E-state index in [9.17, 15) is 0 Å². The maximum atomic E-state index is 6.02. The van der Waals surface area contributed by atoms with Crippen LogP contribution in [0.3, 0.4) is 0 Å². The Labute approximate surface area is 111 Å². The molecule has 0 aliphatic carbocycles. The van der Waals surface area contributed by atoms with Gasteiger partial charge < -0.3 is 4.42 Å². The second kappa shape index (κ2) is 4.13. The molecule has 3 aromatic rings. The van der Waals surface area contributed by atoms with Crippen molar-refractivity contribution >= 4 is 38.6 Å². The number of hydrogen-bond acceptors (Lipinski definition) is 3. The van der Waals surface area contributed by atoms with Gasteiger partial charge in [-0.1, -0.05) is 41.9 Å². The number of furan rings is 1. The zero-order valence-corrected chi connectivity index (χ0v) is 10.9. The van der Waals surface area contributed by atoms with Gasteiger partial charge in [-0.05, 0) is 15.9 Å². The minimum absolute atomic E-state index is 0.382.